The van der Waals surface area contributed by atoms with Gasteiger partial charge in [-0.05, 0) is 25.0 Å². The molecule has 0 aliphatic heterocycles. The molecule has 0 bridgehead atoms. The molecule has 10 heteroatoms. The van der Waals surface area contributed by atoms with Gasteiger partial charge in [0.2, 0.25) is 0 Å². The van der Waals surface area contributed by atoms with Crippen LogP contribution in [0.2, 0.25) is 0 Å². The molecule has 0 heterocycles. The van der Waals surface area contributed by atoms with Crippen LogP contribution in [0.3, 0.4) is 0 Å². The van der Waals surface area contributed by atoms with Crippen molar-refractivity contribution in [2.75, 3.05) is 13.2 Å². The highest BCUT2D eigenvalue weighted by Gasteiger charge is 2.45. The van der Waals surface area contributed by atoms with E-state index < -0.39 is 48.6 Å². The van der Waals surface area contributed by atoms with E-state index in [4.69, 9.17) is 18.9 Å². The van der Waals surface area contributed by atoms with Gasteiger partial charge < -0.3 is 39.4 Å². The number of carbonyl (C=O) groups is 2. The van der Waals surface area contributed by atoms with Gasteiger partial charge in [0.05, 0.1) is 26.4 Å². The topological polar surface area (TPSA) is 152 Å². The fraction of sp³-hybridized carbons (Fsp3) is 0.462. The molecule has 2 rings (SSSR count). The molecule has 0 fully saturated rings. The summed E-state index contributed by atoms with van der Waals surface area (Å²) in [5.74, 6) is -2.22. The maximum absolute atomic E-state index is 12.1. The van der Waals surface area contributed by atoms with E-state index in [0.29, 0.717) is 11.1 Å². The molecule has 0 saturated heterocycles. The molecule has 0 amide bonds. The van der Waals surface area contributed by atoms with Crippen molar-refractivity contribution in [3.63, 3.8) is 0 Å². The molecule has 198 valence electrons. The molecule has 0 spiro atoms. The van der Waals surface area contributed by atoms with E-state index in [2.05, 4.69) is 0 Å². The van der Waals surface area contributed by atoms with E-state index in [1.54, 1.807) is 60.7 Å². The van der Waals surface area contributed by atoms with Crippen LogP contribution in [-0.2, 0) is 41.8 Å². The number of carbonyl (C=O) groups excluding carboxylic acids is 2. The second kappa shape index (κ2) is 15.3. The fourth-order valence-electron chi connectivity index (χ4n) is 3.40. The standard InChI is InChI=1S/C26H34O10/c1-3-33-25(31)21(29)19(27)23(35-15-17-11-7-5-8-12-17)24(20(28)22(30)26(32)34-4-2)36-16-18-13-9-6-10-14-18/h5-14,19-24,27-30H,3-4,15-16H2,1-2H3/t19-,20-,21-,22-,23-,24-/m0/s1. The summed E-state index contributed by atoms with van der Waals surface area (Å²) < 4.78 is 21.3. The summed E-state index contributed by atoms with van der Waals surface area (Å²) in [5.41, 5.74) is 1.37. The van der Waals surface area contributed by atoms with E-state index in [1.807, 2.05) is 0 Å². The van der Waals surface area contributed by atoms with Crippen LogP contribution >= 0.6 is 0 Å². The van der Waals surface area contributed by atoms with Crippen LogP contribution in [0.25, 0.3) is 0 Å². The van der Waals surface area contributed by atoms with Gasteiger partial charge in [-0.2, -0.15) is 0 Å². The van der Waals surface area contributed by atoms with E-state index in [1.165, 1.54) is 13.8 Å². The maximum Gasteiger partial charge on any atom is 0.337 e. The first kappa shape index (κ1) is 29.4. The molecule has 4 N–H and O–H groups in total. The van der Waals surface area contributed by atoms with E-state index in [0.717, 1.165) is 0 Å². The zero-order valence-electron chi connectivity index (χ0n) is 20.3. The van der Waals surface area contributed by atoms with Gasteiger partial charge in [0.25, 0.3) is 0 Å². The Hall–Kier alpha value is -2.86. The highest BCUT2D eigenvalue weighted by atomic mass is 16.6. The molecule has 6 atom stereocenters. The number of ether oxygens (including phenoxy) is 4. The summed E-state index contributed by atoms with van der Waals surface area (Å²) in [5, 5.41) is 42.7. The van der Waals surface area contributed by atoms with Crippen LogP contribution in [0, 0.1) is 0 Å². The Labute approximate surface area is 210 Å². The smallest absolute Gasteiger partial charge is 0.337 e. The van der Waals surface area contributed by atoms with Crippen molar-refractivity contribution >= 4 is 11.9 Å². The number of hydrogen-bond acceptors (Lipinski definition) is 10. The number of aliphatic hydroxyl groups excluding tert-OH is 4. The molecule has 0 aromatic heterocycles. The summed E-state index contributed by atoms with van der Waals surface area (Å²) >= 11 is 0. The number of benzene rings is 2. The minimum atomic E-state index is -2.06. The van der Waals surface area contributed by atoms with Crippen molar-refractivity contribution in [3.05, 3.63) is 71.8 Å². The van der Waals surface area contributed by atoms with Crippen molar-refractivity contribution in [2.45, 2.75) is 63.7 Å². The van der Waals surface area contributed by atoms with Gasteiger partial charge in [-0.15, -0.1) is 0 Å². The van der Waals surface area contributed by atoms with Gasteiger partial charge in [0, 0.05) is 0 Å². The minimum absolute atomic E-state index is 0.0454. The lowest BCUT2D eigenvalue weighted by molar-refractivity contribution is -0.208. The third-order valence-corrected chi connectivity index (χ3v) is 5.27. The summed E-state index contributed by atoms with van der Waals surface area (Å²) in [6.45, 7) is 2.76. The number of rotatable bonds is 15. The predicted molar refractivity (Wildman–Crippen MR) is 127 cm³/mol. The molecule has 10 nitrogen and oxygen atoms in total. The SMILES string of the molecule is CCOC(=O)[C@@H](O)[C@H](O)[C@H](OCc1ccccc1)[C@@H](OCc1ccccc1)[C@@H](O)[C@H](O)C(=O)OCC. The van der Waals surface area contributed by atoms with Crippen LogP contribution in [0.15, 0.2) is 60.7 Å². The molecule has 36 heavy (non-hydrogen) atoms. The highest BCUT2D eigenvalue weighted by Crippen LogP contribution is 2.22. The van der Waals surface area contributed by atoms with Gasteiger partial charge in [-0.25, -0.2) is 9.59 Å². The second-order valence-electron chi connectivity index (χ2n) is 7.90. The van der Waals surface area contributed by atoms with Gasteiger partial charge in [-0.1, -0.05) is 60.7 Å². The summed E-state index contributed by atoms with van der Waals surface area (Å²) in [6, 6.07) is 17.6. The summed E-state index contributed by atoms with van der Waals surface area (Å²) in [7, 11) is 0. The van der Waals surface area contributed by atoms with Crippen LogP contribution in [0.5, 0.6) is 0 Å². The molecule has 2 aromatic rings. The number of esters is 2. The normalized spacial score (nSPS) is 16.3. The van der Waals surface area contributed by atoms with E-state index in [9.17, 15) is 30.0 Å². The third kappa shape index (κ3) is 8.66. The predicted octanol–water partition coefficient (Wildman–Crippen LogP) is 0.727. The highest BCUT2D eigenvalue weighted by molar-refractivity contribution is 5.75. The Bertz CT molecular complexity index is 832. The van der Waals surface area contributed by atoms with Crippen LogP contribution < -0.4 is 0 Å². The Kier molecular flexibility index (Phi) is 12.5. The quantitative estimate of drug-likeness (QED) is 0.254. The molecule has 2 aromatic carbocycles. The zero-order chi connectivity index (χ0) is 26.5. The summed E-state index contributed by atoms with van der Waals surface area (Å²) in [4.78, 5) is 24.3. The average Bonchev–Trinajstić information content (AvgIpc) is 2.90. The molecular weight excluding hydrogens is 472 g/mol. The number of hydrogen-bond donors (Lipinski definition) is 4. The third-order valence-electron chi connectivity index (χ3n) is 5.27. The van der Waals surface area contributed by atoms with Crippen molar-refractivity contribution in [1.82, 2.24) is 0 Å². The van der Waals surface area contributed by atoms with Crippen molar-refractivity contribution < 1.29 is 49.0 Å². The van der Waals surface area contributed by atoms with Crippen LogP contribution in [0.4, 0.5) is 0 Å². The van der Waals surface area contributed by atoms with Gasteiger partial charge >= 0.3 is 11.9 Å². The van der Waals surface area contributed by atoms with Crippen molar-refractivity contribution in [1.29, 1.82) is 0 Å². The van der Waals surface area contributed by atoms with Gasteiger partial charge in [0.1, 0.15) is 24.4 Å². The lowest BCUT2D eigenvalue weighted by Gasteiger charge is -2.36. The van der Waals surface area contributed by atoms with Gasteiger partial charge in [-0.3, -0.25) is 0 Å². The van der Waals surface area contributed by atoms with E-state index >= 15 is 0 Å². The Balaban J connectivity index is 2.39. The van der Waals surface area contributed by atoms with Crippen molar-refractivity contribution in [3.8, 4) is 0 Å². The Morgan fingerprint density at radius 1 is 0.639 bits per heavy atom. The molecule has 0 aliphatic rings. The molecule has 0 radical (unpaired) electrons. The Morgan fingerprint density at radius 3 is 1.28 bits per heavy atom. The molecular formula is C26H34O10. The minimum Gasteiger partial charge on any atom is -0.464 e. The lowest BCUT2D eigenvalue weighted by atomic mass is 9.95. The first-order valence-corrected chi connectivity index (χ1v) is 11.7. The molecule has 0 aliphatic carbocycles. The Morgan fingerprint density at radius 2 is 0.972 bits per heavy atom. The van der Waals surface area contributed by atoms with Crippen LogP contribution in [-0.4, -0.2) is 82.2 Å². The van der Waals surface area contributed by atoms with Crippen LogP contribution in [0.1, 0.15) is 25.0 Å². The summed E-state index contributed by atoms with van der Waals surface area (Å²) in [6.07, 6.45) is -11.2. The molecule has 0 saturated carbocycles. The first-order chi connectivity index (χ1) is 17.3. The van der Waals surface area contributed by atoms with E-state index in [-0.39, 0.29) is 26.4 Å². The van der Waals surface area contributed by atoms with Crippen molar-refractivity contribution in [2.24, 2.45) is 0 Å². The van der Waals surface area contributed by atoms with Gasteiger partial charge in [0.15, 0.2) is 12.2 Å². The zero-order valence-corrected chi connectivity index (χ0v) is 20.3. The number of aliphatic hydroxyl groups is 4. The second-order valence-corrected chi connectivity index (χ2v) is 7.90. The fourth-order valence-corrected chi connectivity index (χ4v) is 3.40. The average molecular weight is 507 g/mol. The monoisotopic (exact) mass is 506 g/mol. The lowest BCUT2D eigenvalue weighted by Crippen LogP contribution is -2.57. The largest absolute Gasteiger partial charge is 0.464 e. The first-order valence-electron chi connectivity index (χ1n) is 11.7. The molecule has 0 unspecified atom stereocenters. The maximum atomic E-state index is 12.1.